The van der Waals surface area contributed by atoms with Gasteiger partial charge in [0.2, 0.25) is 0 Å². The van der Waals surface area contributed by atoms with Crippen LogP contribution in [0.1, 0.15) is 61.8 Å². The summed E-state index contributed by atoms with van der Waals surface area (Å²) >= 11 is 0. The average Bonchev–Trinajstić information content (AvgIpc) is 2.74. The van der Waals surface area contributed by atoms with E-state index in [9.17, 15) is 0 Å². The summed E-state index contributed by atoms with van der Waals surface area (Å²) in [6.07, 6.45) is 9.81. The molecule has 1 atom stereocenters. The van der Waals surface area contributed by atoms with Crippen LogP contribution in [0.25, 0.3) is 6.08 Å². The maximum Gasteiger partial charge on any atom is 0.00272 e. The molecule has 0 N–H and O–H groups in total. The number of fused-ring (bicyclic) bond motifs is 2. The number of hydrogen-bond donors (Lipinski definition) is 0. The van der Waals surface area contributed by atoms with Crippen LogP contribution in [0, 0.1) is 5.41 Å². The van der Waals surface area contributed by atoms with E-state index in [1.54, 1.807) is 16.7 Å². The van der Waals surface area contributed by atoms with Crippen molar-refractivity contribution in [3.05, 3.63) is 40.5 Å². The molecule has 94 valence electrons. The van der Waals surface area contributed by atoms with E-state index in [4.69, 9.17) is 0 Å². The minimum Gasteiger partial charge on any atom is -0.0764 e. The molecule has 0 amide bonds. The van der Waals surface area contributed by atoms with E-state index in [0.717, 1.165) is 0 Å². The van der Waals surface area contributed by atoms with Gasteiger partial charge in [-0.25, -0.2) is 0 Å². The number of hydrogen-bond acceptors (Lipinski definition) is 0. The van der Waals surface area contributed by atoms with Gasteiger partial charge < -0.3 is 0 Å². The Morgan fingerprint density at radius 3 is 2.50 bits per heavy atom. The molecule has 0 saturated heterocycles. The van der Waals surface area contributed by atoms with Crippen LogP contribution in [0.15, 0.2) is 18.2 Å². The number of rotatable bonds is 2. The zero-order valence-corrected chi connectivity index (χ0v) is 15.3. The fourth-order valence-electron chi connectivity index (χ4n) is 3.50. The summed E-state index contributed by atoms with van der Waals surface area (Å²) in [4.78, 5) is 0. The fraction of sp³-hybridized carbons (Fsp3) is 0.529. The Morgan fingerprint density at radius 2 is 1.83 bits per heavy atom. The van der Waals surface area contributed by atoms with E-state index in [2.05, 4.69) is 45.1 Å². The molecule has 0 heterocycles. The maximum atomic E-state index is 2.50. The van der Waals surface area contributed by atoms with Crippen molar-refractivity contribution in [1.82, 2.24) is 0 Å². The number of benzene rings is 1. The topological polar surface area (TPSA) is 0 Å². The van der Waals surface area contributed by atoms with Gasteiger partial charge in [0.15, 0.2) is 0 Å². The van der Waals surface area contributed by atoms with E-state index in [-0.39, 0.29) is 25.8 Å². The molecule has 3 rings (SSSR count). The van der Waals surface area contributed by atoms with Crippen molar-refractivity contribution >= 4 is 6.08 Å². The predicted molar refractivity (Wildman–Crippen MR) is 74.3 cm³/mol. The quantitative estimate of drug-likeness (QED) is 0.626. The first kappa shape index (κ1) is 14.2. The molecular formula is C17H22Hf. The third-order valence-corrected chi connectivity index (χ3v) is 4.25. The Kier molecular flexibility index (Phi) is 4.02. The smallest absolute Gasteiger partial charge is 0.00272 e. The molecule has 2 aliphatic rings. The van der Waals surface area contributed by atoms with Crippen LogP contribution in [0.3, 0.4) is 0 Å². The van der Waals surface area contributed by atoms with Gasteiger partial charge in [-0.3, -0.25) is 0 Å². The third kappa shape index (κ3) is 2.43. The third-order valence-electron chi connectivity index (χ3n) is 4.25. The molecule has 18 heavy (non-hydrogen) atoms. The molecule has 0 nitrogen and oxygen atoms in total. The average molecular weight is 405 g/mol. The predicted octanol–water partition coefficient (Wildman–Crippen LogP) is 4.72. The normalized spacial score (nSPS) is 22.5. The summed E-state index contributed by atoms with van der Waals surface area (Å²) in [5.41, 5.74) is 6.75. The van der Waals surface area contributed by atoms with Crippen molar-refractivity contribution in [2.24, 2.45) is 5.41 Å². The molecule has 1 unspecified atom stereocenters. The zero-order valence-electron chi connectivity index (χ0n) is 11.7. The maximum absolute atomic E-state index is 2.50. The molecule has 0 radical (unpaired) electrons. The van der Waals surface area contributed by atoms with Crippen LogP contribution in [0.4, 0.5) is 0 Å². The molecule has 0 fully saturated rings. The first-order chi connectivity index (χ1) is 8.09. The van der Waals surface area contributed by atoms with Gasteiger partial charge in [-0.05, 0) is 46.9 Å². The Bertz CT molecular complexity index is 483. The first-order valence-electron chi connectivity index (χ1n) is 6.93. The molecule has 0 bridgehead atoms. The van der Waals surface area contributed by atoms with Crippen molar-refractivity contribution in [2.75, 3.05) is 0 Å². The van der Waals surface area contributed by atoms with Crippen molar-refractivity contribution in [2.45, 2.75) is 52.4 Å². The second kappa shape index (κ2) is 5.07. The van der Waals surface area contributed by atoms with E-state index in [0.29, 0.717) is 11.3 Å². The second-order valence-electron chi connectivity index (χ2n) is 6.52. The standard InChI is InChI=1S/C17H22.Hf/c1-4-5-12-6-7-13-8-14-10-17(2,3)11-15(14)9-16(12)13;/h6-9,12H,4-5,10-11H2,1-3H3;. The first-order valence-corrected chi connectivity index (χ1v) is 6.93. The number of allylic oxidation sites excluding steroid dienone is 1. The zero-order chi connectivity index (χ0) is 12.0. The largest absolute Gasteiger partial charge is 0.0764 e. The van der Waals surface area contributed by atoms with E-state index >= 15 is 0 Å². The van der Waals surface area contributed by atoms with Crippen LogP contribution in [-0.2, 0) is 38.7 Å². The molecule has 0 saturated carbocycles. The summed E-state index contributed by atoms with van der Waals surface area (Å²) in [5, 5.41) is 0. The van der Waals surface area contributed by atoms with E-state index in [1.165, 1.54) is 31.2 Å². The van der Waals surface area contributed by atoms with Crippen LogP contribution < -0.4 is 0 Å². The van der Waals surface area contributed by atoms with Crippen molar-refractivity contribution < 1.29 is 25.8 Å². The fourth-order valence-corrected chi connectivity index (χ4v) is 3.50. The monoisotopic (exact) mass is 406 g/mol. The summed E-state index contributed by atoms with van der Waals surface area (Å²) < 4.78 is 0. The van der Waals surface area contributed by atoms with Gasteiger partial charge in [-0.2, -0.15) is 0 Å². The van der Waals surface area contributed by atoms with E-state index < -0.39 is 0 Å². The Morgan fingerprint density at radius 1 is 1.17 bits per heavy atom. The van der Waals surface area contributed by atoms with Gasteiger partial charge in [0.25, 0.3) is 0 Å². The van der Waals surface area contributed by atoms with Gasteiger partial charge >= 0.3 is 0 Å². The minimum atomic E-state index is 0. The summed E-state index contributed by atoms with van der Waals surface area (Å²) in [6, 6.07) is 4.95. The van der Waals surface area contributed by atoms with Crippen molar-refractivity contribution in [3.63, 3.8) is 0 Å². The van der Waals surface area contributed by atoms with Gasteiger partial charge in [-0.15, -0.1) is 0 Å². The summed E-state index contributed by atoms with van der Waals surface area (Å²) in [6.45, 7) is 7.05. The van der Waals surface area contributed by atoms with Gasteiger partial charge in [0.1, 0.15) is 0 Å². The van der Waals surface area contributed by atoms with Gasteiger partial charge in [-0.1, -0.05) is 51.5 Å². The van der Waals surface area contributed by atoms with Crippen LogP contribution >= 0.6 is 0 Å². The van der Waals surface area contributed by atoms with Gasteiger partial charge in [0, 0.05) is 31.8 Å². The minimum absolute atomic E-state index is 0. The molecule has 1 aromatic carbocycles. The van der Waals surface area contributed by atoms with Crippen molar-refractivity contribution in [3.8, 4) is 0 Å². The molecule has 1 heteroatoms. The van der Waals surface area contributed by atoms with Crippen molar-refractivity contribution in [1.29, 1.82) is 0 Å². The molecule has 1 aromatic rings. The van der Waals surface area contributed by atoms with Gasteiger partial charge in [0.05, 0.1) is 0 Å². The molecule has 2 aliphatic carbocycles. The van der Waals surface area contributed by atoms with Crippen LogP contribution in [0.5, 0.6) is 0 Å². The Balaban J connectivity index is 0.00000120. The van der Waals surface area contributed by atoms with Crippen LogP contribution in [0.2, 0.25) is 0 Å². The molecule has 0 spiro atoms. The second-order valence-corrected chi connectivity index (χ2v) is 6.52. The Hall–Kier alpha value is -0.170. The SMILES string of the molecule is CCCC1C=Cc2cc3c(cc21)CC(C)(C)C3.[Hf]. The molecular weight excluding hydrogens is 383 g/mol. The summed E-state index contributed by atoms with van der Waals surface area (Å²) in [7, 11) is 0. The summed E-state index contributed by atoms with van der Waals surface area (Å²) in [5.74, 6) is 0.684. The molecule has 0 aromatic heterocycles. The van der Waals surface area contributed by atoms with Crippen LogP contribution in [-0.4, -0.2) is 0 Å². The van der Waals surface area contributed by atoms with E-state index in [1.807, 2.05) is 0 Å². The molecule has 0 aliphatic heterocycles. The Labute approximate surface area is 130 Å².